The number of benzene rings is 5. The fourth-order valence-corrected chi connectivity index (χ4v) is 8.64. The summed E-state index contributed by atoms with van der Waals surface area (Å²) in [7, 11) is -3.71. The van der Waals surface area contributed by atoms with E-state index in [1.807, 2.05) is 67.6 Å². The molecule has 0 amide bonds. The predicted molar refractivity (Wildman–Crippen MR) is 213 cm³/mol. The minimum Gasteiger partial charge on any atom is -0.478 e. The van der Waals surface area contributed by atoms with Gasteiger partial charge < -0.3 is 9.67 Å². The fourth-order valence-electron chi connectivity index (χ4n) is 7.01. The van der Waals surface area contributed by atoms with E-state index in [1.165, 1.54) is 0 Å². The number of hydrogen-bond donors (Lipinski definition) is 2. The SMILES string of the molecule is CCc1cc(CCCc2c(CCNS(=O)(=O)Cc3ccc(Cl)c(Cl)c3)n(C(c3ccccc3)c3ccccc3)c3ccc(Cl)cc23)ccc1C(=O)O. The molecule has 0 atom stereocenters. The molecule has 0 unspecified atom stereocenters. The molecule has 0 saturated heterocycles. The number of nitrogens with zero attached hydrogens (tertiary/aromatic N) is 1. The molecule has 0 bridgehead atoms. The summed E-state index contributed by atoms with van der Waals surface area (Å²) in [4.78, 5) is 11.7. The molecule has 0 fully saturated rings. The Bertz CT molecular complexity index is 2270. The van der Waals surface area contributed by atoms with Gasteiger partial charge in [0.1, 0.15) is 0 Å². The zero-order valence-corrected chi connectivity index (χ0v) is 31.7. The van der Waals surface area contributed by atoms with Crippen LogP contribution in [0.25, 0.3) is 10.9 Å². The standard InChI is InChI=1S/C42H39Cl3N2O4S/c1-2-30-24-28(16-19-34(30)42(48)49)10-9-15-35-36-26-33(43)18-21-39(36)47(41(31-11-5-3-6-12-31)32-13-7-4-8-14-32)40(35)22-23-46-52(50,51)27-29-17-20-37(44)38(45)25-29/h3-8,11-14,16-21,24-26,41,46H,2,9-10,15,22-23,27H2,1H3,(H,48,49). The van der Waals surface area contributed by atoms with Gasteiger partial charge in [0.05, 0.1) is 27.4 Å². The van der Waals surface area contributed by atoms with E-state index < -0.39 is 16.0 Å². The largest absolute Gasteiger partial charge is 0.478 e. The van der Waals surface area contributed by atoms with E-state index in [-0.39, 0.29) is 18.3 Å². The topological polar surface area (TPSA) is 88.4 Å². The Labute approximate surface area is 320 Å². The lowest BCUT2D eigenvalue weighted by Gasteiger charge is -2.25. The van der Waals surface area contributed by atoms with Gasteiger partial charge >= 0.3 is 5.97 Å². The van der Waals surface area contributed by atoms with Crippen LogP contribution in [0.1, 0.15) is 68.8 Å². The van der Waals surface area contributed by atoms with Gasteiger partial charge in [-0.1, -0.05) is 121 Å². The summed E-state index contributed by atoms with van der Waals surface area (Å²) in [5.74, 6) is -1.15. The number of aromatic nitrogens is 1. The van der Waals surface area contributed by atoms with E-state index >= 15 is 0 Å². The van der Waals surface area contributed by atoms with E-state index in [9.17, 15) is 18.3 Å². The highest BCUT2D eigenvalue weighted by molar-refractivity contribution is 7.88. The van der Waals surface area contributed by atoms with Crippen LogP contribution in [-0.4, -0.2) is 30.6 Å². The predicted octanol–water partition coefficient (Wildman–Crippen LogP) is 10.3. The van der Waals surface area contributed by atoms with Gasteiger partial charge in [-0.25, -0.2) is 17.9 Å². The Morgan fingerprint density at radius 1 is 0.769 bits per heavy atom. The lowest BCUT2D eigenvalue weighted by atomic mass is 9.96. The van der Waals surface area contributed by atoms with E-state index in [2.05, 4.69) is 39.6 Å². The zero-order chi connectivity index (χ0) is 36.8. The third-order valence-electron chi connectivity index (χ3n) is 9.37. The Morgan fingerprint density at radius 3 is 2.08 bits per heavy atom. The van der Waals surface area contributed by atoms with Crippen LogP contribution >= 0.6 is 34.8 Å². The van der Waals surface area contributed by atoms with Crippen molar-refractivity contribution in [2.45, 2.75) is 50.8 Å². The smallest absolute Gasteiger partial charge is 0.335 e. The number of rotatable bonds is 15. The average molecular weight is 774 g/mol. The first-order valence-electron chi connectivity index (χ1n) is 17.2. The first-order valence-corrected chi connectivity index (χ1v) is 20.0. The van der Waals surface area contributed by atoms with E-state index in [0.29, 0.717) is 45.5 Å². The van der Waals surface area contributed by atoms with Crippen molar-refractivity contribution in [1.29, 1.82) is 0 Å². The Balaban J connectivity index is 1.40. The third-order valence-corrected chi connectivity index (χ3v) is 11.7. The molecule has 0 aliphatic rings. The van der Waals surface area contributed by atoms with Crippen LogP contribution < -0.4 is 4.72 Å². The summed E-state index contributed by atoms with van der Waals surface area (Å²) < 4.78 is 31.9. The molecular weight excluding hydrogens is 735 g/mol. The minimum absolute atomic E-state index is 0.174. The van der Waals surface area contributed by atoms with Crippen molar-refractivity contribution in [3.8, 4) is 0 Å². The first kappa shape index (κ1) is 37.6. The molecule has 0 radical (unpaired) electrons. The van der Waals surface area contributed by atoms with Crippen LogP contribution in [0.3, 0.4) is 0 Å². The van der Waals surface area contributed by atoms with Gasteiger partial charge in [-0.15, -0.1) is 0 Å². The summed E-state index contributed by atoms with van der Waals surface area (Å²) in [6.45, 7) is 2.14. The quantitative estimate of drug-likeness (QED) is 0.109. The Kier molecular flexibility index (Phi) is 12.1. The summed E-state index contributed by atoms with van der Waals surface area (Å²) in [5.41, 5.74) is 8.09. The van der Waals surface area contributed by atoms with E-state index in [4.69, 9.17) is 34.8 Å². The fraction of sp³-hybridized carbons (Fsp3) is 0.214. The van der Waals surface area contributed by atoms with Gasteiger partial charge in [0.25, 0.3) is 0 Å². The van der Waals surface area contributed by atoms with Crippen LogP contribution in [0.5, 0.6) is 0 Å². The zero-order valence-electron chi connectivity index (χ0n) is 28.7. The van der Waals surface area contributed by atoms with Crippen molar-refractivity contribution >= 4 is 61.7 Å². The molecule has 6 nitrogen and oxygen atoms in total. The third kappa shape index (κ3) is 8.74. The second kappa shape index (κ2) is 16.7. The van der Waals surface area contributed by atoms with Crippen LogP contribution in [0.15, 0.2) is 115 Å². The van der Waals surface area contributed by atoms with E-state index in [0.717, 1.165) is 57.3 Å². The van der Waals surface area contributed by atoms with Crippen molar-refractivity contribution in [2.24, 2.45) is 0 Å². The van der Waals surface area contributed by atoms with Gasteiger partial charge in [-0.2, -0.15) is 0 Å². The van der Waals surface area contributed by atoms with Crippen molar-refractivity contribution in [3.05, 3.63) is 175 Å². The van der Waals surface area contributed by atoms with Gasteiger partial charge in [0.2, 0.25) is 10.0 Å². The normalized spacial score (nSPS) is 11.8. The molecule has 10 heteroatoms. The maximum atomic E-state index is 13.3. The molecule has 1 heterocycles. The van der Waals surface area contributed by atoms with Crippen LogP contribution in [0, 0.1) is 0 Å². The molecule has 268 valence electrons. The number of aromatic carboxylic acids is 1. The molecule has 6 aromatic rings. The second-order valence-electron chi connectivity index (χ2n) is 12.8. The lowest BCUT2D eigenvalue weighted by Crippen LogP contribution is -2.28. The van der Waals surface area contributed by atoms with Gasteiger partial charge in [0, 0.05) is 34.6 Å². The first-order chi connectivity index (χ1) is 25.0. The highest BCUT2D eigenvalue weighted by Gasteiger charge is 2.26. The molecule has 5 aromatic carbocycles. The Morgan fingerprint density at radius 2 is 1.44 bits per heavy atom. The minimum atomic E-state index is -3.71. The molecule has 0 aliphatic carbocycles. The van der Waals surface area contributed by atoms with Crippen molar-refractivity contribution in [2.75, 3.05) is 6.54 Å². The number of fused-ring (bicyclic) bond motifs is 1. The molecule has 6 rings (SSSR count). The number of aryl methyl sites for hydroxylation is 3. The van der Waals surface area contributed by atoms with Gasteiger partial charge in [-0.05, 0) is 95.5 Å². The highest BCUT2D eigenvalue weighted by Crippen LogP contribution is 2.38. The molecule has 52 heavy (non-hydrogen) atoms. The summed E-state index contributed by atoms with van der Waals surface area (Å²) in [6, 6.07) is 36.8. The van der Waals surface area contributed by atoms with Crippen molar-refractivity contribution in [1.82, 2.24) is 9.29 Å². The number of hydrogen-bond acceptors (Lipinski definition) is 3. The number of carboxylic acids is 1. The number of halogens is 3. The molecular formula is C42H39Cl3N2O4S. The van der Waals surface area contributed by atoms with Crippen LogP contribution in [0.4, 0.5) is 0 Å². The van der Waals surface area contributed by atoms with Crippen molar-refractivity contribution < 1.29 is 18.3 Å². The van der Waals surface area contributed by atoms with Gasteiger partial charge in [0.15, 0.2) is 0 Å². The van der Waals surface area contributed by atoms with Crippen LogP contribution in [-0.2, 0) is 41.5 Å². The number of carboxylic acid groups (broad SMARTS) is 1. The van der Waals surface area contributed by atoms with Crippen LogP contribution in [0.2, 0.25) is 15.1 Å². The molecule has 0 aliphatic heterocycles. The summed E-state index contributed by atoms with van der Waals surface area (Å²) >= 11 is 18.9. The summed E-state index contributed by atoms with van der Waals surface area (Å²) in [6.07, 6.45) is 3.29. The second-order valence-corrected chi connectivity index (χ2v) is 15.9. The molecule has 1 aromatic heterocycles. The number of nitrogens with one attached hydrogen (secondary N) is 1. The number of sulfonamides is 1. The summed E-state index contributed by atoms with van der Waals surface area (Å²) in [5, 5.41) is 11.9. The lowest BCUT2D eigenvalue weighted by molar-refractivity contribution is 0.0695. The van der Waals surface area contributed by atoms with Crippen molar-refractivity contribution in [3.63, 3.8) is 0 Å². The molecule has 0 spiro atoms. The monoisotopic (exact) mass is 772 g/mol. The van der Waals surface area contributed by atoms with Gasteiger partial charge in [-0.3, -0.25) is 0 Å². The highest BCUT2D eigenvalue weighted by atomic mass is 35.5. The molecule has 2 N–H and O–H groups in total. The average Bonchev–Trinajstić information content (AvgIpc) is 3.41. The van der Waals surface area contributed by atoms with E-state index in [1.54, 1.807) is 24.3 Å². The Hall–Kier alpha value is -4.11. The number of carbonyl (C=O) groups is 1. The maximum absolute atomic E-state index is 13.3. The molecule has 0 saturated carbocycles. The maximum Gasteiger partial charge on any atom is 0.335 e.